The fraction of sp³-hybridized carbons (Fsp3) is 0.222. The third kappa shape index (κ3) is 2.76. The van der Waals surface area contributed by atoms with Crippen LogP contribution < -0.4 is 4.90 Å². The Morgan fingerprint density at radius 1 is 0.913 bits per heavy atom. The van der Waals surface area contributed by atoms with Crippen LogP contribution in [-0.2, 0) is 4.74 Å². The summed E-state index contributed by atoms with van der Waals surface area (Å²) in [6, 6.07) is 15.8. The number of benzene rings is 2. The molecule has 0 saturated carbocycles. The highest BCUT2D eigenvalue weighted by Gasteiger charge is 2.18. The molecule has 4 rings (SSSR count). The number of halogens is 1. The molecule has 23 heavy (non-hydrogen) atoms. The molecule has 116 valence electrons. The first-order valence-electron chi connectivity index (χ1n) is 7.67. The SMILES string of the molecule is Clc1ccccc1-c1nc(N2CCOCC2)c2ccccc2n1. The van der Waals surface area contributed by atoms with Crippen molar-refractivity contribution in [1.29, 1.82) is 0 Å². The molecule has 0 atom stereocenters. The predicted octanol–water partition coefficient (Wildman–Crippen LogP) is 3.79. The summed E-state index contributed by atoms with van der Waals surface area (Å²) in [6.07, 6.45) is 0. The topological polar surface area (TPSA) is 38.2 Å². The van der Waals surface area contributed by atoms with Crippen LogP contribution >= 0.6 is 11.6 Å². The largest absolute Gasteiger partial charge is 0.378 e. The zero-order chi connectivity index (χ0) is 15.6. The van der Waals surface area contributed by atoms with Crippen LogP contribution in [0.5, 0.6) is 0 Å². The Bertz CT molecular complexity index is 847. The maximum absolute atomic E-state index is 6.33. The van der Waals surface area contributed by atoms with Crippen molar-refractivity contribution >= 4 is 28.3 Å². The number of ether oxygens (including phenoxy) is 1. The van der Waals surface area contributed by atoms with Gasteiger partial charge in [-0.15, -0.1) is 0 Å². The monoisotopic (exact) mass is 325 g/mol. The van der Waals surface area contributed by atoms with Gasteiger partial charge in [0.15, 0.2) is 5.82 Å². The smallest absolute Gasteiger partial charge is 0.163 e. The van der Waals surface area contributed by atoms with E-state index in [4.69, 9.17) is 26.3 Å². The van der Waals surface area contributed by atoms with E-state index in [0.717, 1.165) is 48.6 Å². The molecule has 1 aliphatic rings. The summed E-state index contributed by atoms with van der Waals surface area (Å²) >= 11 is 6.33. The highest BCUT2D eigenvalue weighted by atomic mass is 35.5. The Labute approximate surface area is 139 Å². The number of morpholine rings is 1. The number of hydrogen-bond donors (Lipinski definition) is 0. The molecule has 0 unspecified atom stereocenters. The van der Waals surface area contributed by atoms with Gasteiger partial charge in [-0.1, -0.05) is 35.9 Å². The summed E-state index contributed by atoms with van der Waals surface area (Å²) in [4.78, 5) is 11.8. The minimum absolute atomic E-state index is 0.663. The van der Waals surface area contributed by atoms with Crippen LogP contribution in [0.3, 0.4) is 0 Å². The Balaban J connectivity index is 1.91. The number of nitrogens with zero attached hydrogens (tertiary/aromatic N) is 3. The van der Waals surface area contributed by atoms with Crippen LogP contribution in [0.25, 0.3) is 22.3 Å². The van der Waals surface area contributed by atoms with Gasteiger partial charge < -0.3 is 9.64 Å². The molecular formula is C18H16ClN3O. The van der Waals surface area contributed by atoms with Crippen LogP contribution in [0.2, 0.25) is 5.02 Å². The van der Waals surface area contributed by atoms with Crippen LogP contribution in [0.1, 0.15) is 0 Å². The molecule has 4 nitrogen and oxygen atoms in total. The van der Waals surface area contributed by atoms with Crippen molar-refractivity contribution in [2.45, 2.75) is 0 Å². The molecule has 0 radical (unpaired) electrons. The number of rotatable bonds is 2. The predicted molar refractivity (Wildman–Crippen MR) is 93.0 cm³/mol. The van der Waals surface area contributed by atoms with E-state index in [1.165, 1.54) is 0 Å². The zero-order valence-corrected chi connectivity index (χ0v) is 13.3. The summed E-state index contributed by atoms with van der Waals surface area (Å²) in [5.74, 6) is 1.62. The Morgan fingerprint density at radius 2 is 1.65 bits per heavy atom. The molecular weight excluding hydrogens is 310 g/mol. The summed E-state index contributed by atoms with van der Waals surface area (Å²) in [5.41, 5.74) is 1.79. The van der Waals surface area contributed by atoms with Crippen molar-refractivity contribution in [1.82, 2.24) is 9.97 Å². The van der Waals surface area contributed by atoms with Crippen LogP contribution in [0.15, 0.2) is 48.5 Å². The second-order valence-corrected chi connectivity index (χ2v) is 5.87. The summed E-state index contributed by atoms with van der Waals surface area (Å²) in [5, 5.41) is 1.72. The molecule has 1 saturated heterocycles. The first-order valence-corrected chi connectivity index (χ1v) is 8.05. The normalized spacial score (nSPS) is 15.1. The van der Waals surface area contributed by atoms with Crippen LogP contribution in [0, 0.1) is 0 Å². The molecule has 1 aromatic heterocycles. The van der Waals surface area contributed by atoms with Gasteiger partial charge in [0.1, 0.15) is 5.82 Å². The maximum Gasteiger partial charge on any atom is 0.163 e. The molecule has 0 bridgehead atoms. The van der Waals surface area contributed by atoms with Crippen molar-refractivity contribution in [2.24, 2.45) is 0 Å². The van der Waals surface area contributed by atoms with Gasteiger partial charge >= 0.3 is 0 Å². The van der Waals surface area contributed by atoms with Gasteiger partial charge in [0.05, 0.1) is 23.8 Å². The van der Waals surface area contributed by atoms with Gasteiger partial charge in [-0.3, -0.25) is 0 Å². The van der Waals surface area contributed by atoms with Crippen molar-refractivity contribution < 1.29 is 4.74 Å². The van der Waals surface area contributed by atoms with Gasteiger partial charge in [0.2, 0.25) is 0 Å². The average molecular weight is 326 g/mol. The number of aromatic nitrogens is 2. The van der Waals surface area contributed by atoms with Crippen molar-refractivity contribution in [3.63, 3.8) is 0 Å². The van der Waals surface area contributed by atoms with E-state index in [0.29, 0.717) is 10.8 Å². The van der Waals surface area contributed by atoms with E-state index in [1.807, 2.05) is 42.5 Å². The summed E-state index contributed by atoms with van der Waals surface area (Å²) in [6.45, 7) is 3.12. The third-order valence-electron chi connectivity index (χ3n) is 4.01. The van der Waals surface area contributed by atoms with E-state index in [2.05, 4.69) is 11.0 Å². The van der Waals surface area contributed by atoms with Crippen molar-refractivity contribution in [2.75, 3.05) is 31.2 Å². The van der Waals surface area contributed by atoms with Gasteiger partial charge in [-0.05, 0) is 24.3 Å². The first kappa shape index (κ1) is 14.4. The van der Waals surface area contributed by atoms with E-state index < -0.39 is 0 Å². The average Bonchev–Trinajstić information content (AvgIpc) is 2.62. The molecule has 2 aromatic carbocycles. The molecule has 0 aliphatic carbocycles. The van der Waals surface area contributed by atoms with Crippen molar-refractivity contribution in [3.05, 3.63) is 53.6 Å². The summed E-state index contributed by atoms with van der Waals surface area (Å²) < 4.78 is 5.46. The standard InChI is InChI=1S/C18H16ClN3O/c19-15-7-3-1-5-13(15)17-20-16-8-4-2-6-14(16)18(21-17)22-9-11-23-12-10-22/h1-8H,9-12H2. The number of anilines is 1. The van der Waals surface area contributed by atoms with Gasteiger partial charge in [0.25, 0.3) is 0 Å². The molecule has 3 aromatic rings. The fourth-order valence-electron chi connectivity index (χ4n) is 2.84. The molecule has 1 fully saturated rings. The lowest BCUT2D eigenvalue weighted by molar-refractivity contribution is 0.122. The third-order valence-corrected chi connectivity index (χ3v) is 4.34. The molecule has 5 heteroatoms. The highest BCUT2D eigenvalue weighted by Crippen LogP contribution is 2.30. The number of para-hydroxylation sites is 1. The Morgan fingerprint density at radius 3 is 2.48 bits per heavy atom. The molecule has 0 amide bonds. The van der Waals surface area contributed by atoms with E-state index in [1.54, 1.807) is 0 Å². The van der Waals surface area contributed by atoms with Gasteiger partial charge in [-0.2, -0.15) is 0 Å². The first-order chi connectivity index (χ1) is 11.3. The number of fused-ring (bicyclic) bond motifs is 1. The zero-order valence-electron chi connectivity index (χ0n) is 12.6. The van der Waals surface area contributed by atoms with E-state index in [-0.39, 0.29) is 0 Å². The maximum atomic E-state index is 6.33. The molecule has 2 heterocycles. The number of hydrogen-bond acceptors (Lipinski definition) is 4. The highest BCUT2D eigenvalue weighted by molar-refractivity contribution is 6.33. The Kier molecular flexibility index (Phi) is 3.85. The lowest BCUT2D eigenvalue weighted by Gasteiger charge is -2.29. The molecule has 0 spiro atoms. The summed E-state index contributed by atoms with van der Waals surface area (Å²) in [7, 11) is 0. The molecule has 0 N–H and O–H groups in total. The second kappa shape index (κ2) is 6.14. The van der Waals surface area contributed by atoms with Gasteiger partial charge in [0, 0.05) is 24.0 Å². The van der Waals surface area contributed by atoms with Gasteiger partial charge in [-0.25, -0.2) is 9.97 Å². The van der Waals surface area contributed by atoms with E-state index >= 15 is 0 Å². The lowest BCUT2D eigenvalue weighted by Crippen LogP contribution is -2.37. The lowest BCUT2D eigenvalue weighted by atomic mass is 10.1. The van der Waals surface area contributed by atoms with E-state index in [9.17, 15) is 0 Å². The van der Waals surface area contributed by atoms with Crippen molar-refractivity contribution in [3.8, 4) is 11.4 Å². The molecule has 1 aliphatic heterocycles. The minimum Gasteiger partial charge on any atom is -0.378 e. The second-order valence-electron chi connectivity index (χ2n) is 5.47. The Hall–Kier alpha value is -2.17. The fourth-order valence-corrected chi connectivity index (χ4v) is 3.06. The van der Waals surface area contributed by atoms with Crippen LogP contribution in [-0.4, -0.2) is 36.3 Å². The quantitative estimate of drug-likeness (QED) is 0.718. The minimum atomic E-state index is 0.663. The van der Waals surface area contributed by atoms with Crippen LogP contribution in [0.4, 0.5) is 5.82 Å².